The van der Waals surface area contributed by atoms with Gasteiger partial charge in [-0.1, -0.05) is 12.1 Å². The second-order valence-corrected chi connectivity index (χ2v) is 6.10. The molecule has 1 aromatic carbocycles. The monoisotopic (exact) mass is 324 g/mol. The predicted molar refractivity (Wildman–Crippen MR) is 83.7 cm³/mol. The van der Waals surface area contributed by atoms with E-state index in [2.05, 4.69) is 6.58 Å². The van der Waals surface area contributed by atoms with Crippen molar-refractivity contribution in [1.82, 2.24) is 9.80 Å². The molecule has 126 valence electrons. The van der Waals surface area contributed by atoms with Gasteiger partial charge in [0.2, 0.25) is 0 Å². The van der Waals surface area contributed by atoms with E-state index in [4.69, 9.17) is 0 Å². The van der Waals surface area contributed by atoms with Gasteiger partial charge in [-0.3, -0.25) is 9.69 Å². The fourth-order valence-electron chi connectivity index (χ4n) is 2.95. The first-order valence-electron chi connectivity index (χ1n) is 7.61. The Bertz CT molecular complexity index is 594. The summed E-state index contributed by atoms with van der Waals surface area (Å²) >= 11 is 0. The number of hydrogen-bond donors (Lipinski definition) is 1. The summed E-state index contributed by atoms with van der Waals surface area (Å²) in [6, 6.07) is 3.58. The Kier molecular flexibility index (Phi) is 5.49. The first-order chi connectivity index (χ1) is 10.9. The molecule has 1 amide bonds. The number of likely N-dealkylation sites (tertiary alicyclic amines) is 1. The van der Waals surface area contributed by atoms with E-state index in [0.717, 1.165) is 12.1 Å². The van der Waals surface area contributed by atoms with Gasteiger partial charge in [0.1, 0.15) is 0 Å². The Morgan fingerprint density at radius 2 is 2.17 bits per heavy atom. The van der Waals surface area contributed by atoms with Gasteiger partial charge in [0.15, 0.2) is 17.2 Å². The van der Waals surface area contributed by atoms with Gasteiger partial charge in [-0.05, 0) is 37.6 Å². The maximum atomic E-state index is 13.3. The van der Waals surface area contributed by atoms with E-state index in [9.17, 15) is 18.7 Å². The lowest BCUT2D eigenvalue weighted by atomic mass is 9.91. The van der Waals surface area contributed by atoms with Crippen molar-refractivity contribution in [2.45, 2.75) is 25.0 Å². The molecule has 2 rings (SSSR count). The largest absolute Gasteiger partial charge is 0.379 e. The van der Waals surface area contributed by atoms with Gasteiger partial charge in [-0.2, -0.15) is 0 Å². The summed E-state index contributed by atoms with van der Waals surface area (Å²) < 4.78 is 26.3. The number of halogens is 2. The van der Waals surface area contributed by atoms with Crippen LogP contribution in [-0.2, 0) is 11.3 Å². The van der Waals surface area contributed by atoms with E-state index in [0.29, 0.717) is 31.5 Å². The molecule has 6 heteroatoms. The minimum Gasteiger partial charge on any atom is -0.379 e. The smallest absolute Gasteiger partial charge is 0.256 e. The van der Waals surface area contributed by atoms with Gasteiger partial charge < -0.3 is 10.0 Å². The Morgan fingerprint density at radius 3 is 2.83 bits per heavy atom. The summed E-state index contributed by atoms with van der Waals surface area (Å²) in [6.45, 7) is 5.07. The molecule has 0 bridgehead atoms. The number of carbonyl (C=O) groups is 1. The van der Waals surface area contributed by atoms with Crippen LogP contribution in [0.3, 0.4) is 0 Å². The molecule has 1 aromatic rings. The van der Waals surface area contributed by atoms with Crippen molar-refractivity contribution in [3.8, 4) is 0 Å². The van der Waals surface area contributed by atoms with Gasteiger partial charge in [-0.15, -0.1) is 6.58 Å². The number of hydrogen-bond acceptors (Lipinski definition) is 3. The minimum absolute atomic E-state index is 0.156. The molecule has 1 saturated heterocycles. The molecular formula is C17H22F2N2O2. The molecule has 0 saturated carbocycles. The number of aliphatic hydroxyl groups is 1. The van der Waals surface area contributed by atoms with E-state index in [1.807, 2.05) is 4.90 Å². The van der Waals surface area contributed by atoms with Crippen molar-refractivity contribution in [3.63, 3.8) is 0 Å². The molecule has 23 heavy (non-hydrogen) atoms. The molecule has 1 heterocycles. The summed E-state index contributed by atoms with van der Waals surface area (Å²) in [4.78, 5) is 15.9. The maximum absolute atomic E-state index is 13.3. The zero-order chi connectivity index (χ0) is 17.0. The highest BCUT2D eigenvalue weighted by atomic mass is 19.2. The van der Waals surface area contributed by atoms with Crippen LogP contribution in [0.15, 0.2) is 30.9 Å². The molecule has 0 spiro atoms. The average molecular weight is 324 g/mol. The molecule has 1 aliphatic rings. The molecule has 0 radical (unpaired) electrons. The van der Waals surface area contributed by atoms with Gasteiger partial charge in [-0.25, -0.2) is 8.78 Å². The topological polar surface area (TPSA) is 43.8 Å². The lowest BCUT2D eigenvalue weighted by Gasteiger charge is -2.40. The predicted octanol–water partition coefficient (Wildman–Crippen LogP) is 1.94. The van der Waals surface area contributed by atoms with Crippen LogP contribution >= 0.6 is 0 Å². The first-order valence-corrected chi connectivity index (χ1v) is 7.61. The van der Waals surface area contributed by atoms with E-state index >= 15 is 0 Å². The molecule has 1 atom stereocenters. The molecule has 0 aromatic heterocycles. The first kappa shape index (κ1) is 17.6. The second kappa shape index (κ2) is 7.19. The third-order valence-electron chi connectivity index (χ3n) is 4.03. The van der Waals surface area contributed by atoms with Crippen LogP contribution in [0.4, 0.5) is 8.78 Å². The lowest BCUT2D eigenvalue weighted by Crippen LogP contribution is -2.57. The average Bonchev–Trinajstić information content (AvgIpc) is 2.48. The minimum atomic E-state index is -1.45. The van der Waals surface area contributed by atoms with Crippen molar-refractivity contribution < 1.29 is 18.7 Å². The van der Waals surface area contributed by atoms with Crippen LogP contribution < -0.4 is 0 Å². The molecular weight excluding hydrogens is 302 g/mol. The van der Waals surface area contributed by atoms with Crippen LogP contribution in [0.2, 0.25) is 0 Å². The van der Waals surface area contributed by atoms with Crippen molar-refractivity contribution in [2.75, 3.05) is 26.7 Å². The standard InChI is InChI=1S/C17H22F2N2O2/c1-3-8-20(2)12-17(23)7-4-9-21(16(17)22)11-13-5-6-14(18)15(19)10-13/h3,5-6,10,23H,1,4,7-9,11-12H2,2H3. The van der Waals surface area contributed by atoms with E-state index < -0.39 is 17.2 Å². The zero-order valence-corrected chi connectivity index (χ0v) is 13.3. The molecule has 1 fully saturated rings. The summed E-state index contributed by atoms with van der Waals surface area (Å²) in [5, 5.41) is 10.7. The van der Waals surface area contributed by atoms with Crippen molar-refractivity contribution in [3.05, 3.63) is 48.1 Å². The summed E-state index contributed by atoms with van der Waals surface area (Å²) in [7, 11) is 1.81. The molecule has 1 N–H and O–H groups in total. The normalized spacial score (nSPS) is 21.8. The fraction of sp³-hybridized carbons (Fsp3) is 0.471. The molecule has 1 aliphatic heterocycles. The number of benzene rings is 1. The van der Waals surface area contributed by atoms with Crippen LogP contribution in [0, 0.1) is 11.6 Å². The number of nitrogens with zero attached hydrogens (tertiary/aromatic N) is 2. The third-order valence-corrected chi connectivity index (χ3v) is 4.03. The molecule has 4 nitrogen and oxygen atoms in total. The number of piperidine rings is 1. The SMILES string of the molecule is C=CCN(C)CC1(O)CCCN(Cc2ccc(F)c(F)c2)C1=O. The number of amides is 1. The Morgan fingerprint density at radius 1 is 1.43 bits per heavy atom. The van der Waals surface area contributed by atoms with E-state index in [1.54, 1.807) is 13.1 Å². The number of likely N-dealkylation sites (N-methyl/N-ethyl adjacent to an activating group) is 1. The van der Waals surface area contributed by atoms with Crippen LogP contribution in [0.5, 0.6) is 0 Å². The summed E-state index contributed by atoms with van der Waals surface area (Å²) in [5.74, 6) is -2.22. The van der Waals surface area contributed by atoms with Gasteiger partial charge in [0, 0.05) is 26.2 Å². The van der Waals surface area contributed by atoms with Crippen molar-refractivity contribution >= 4 is 5.91 Å². The quantitative estimate of drug-likeness (QED) is 0.813. The van der Waals surface area contributed by atoms with Crippen molar-refractivity contribution in [2.24, 2.45) is 0 Å². The Hall–Kier alpha value is -1.79. The molecule has 0 aliphatic carbocycles. The Balaban J connectivity index is 2.09. The van der Waals surface area contributed by atoms with Gasteiger partial charge in [0.25, 0.3) is 5.91 Å². The number of carbonyl (C=O) groups excluding carboxylic acids is 1. The van der Waals surface area contributed by atoms with Crippen LogP contribution in [-0.4, -0.2) is 53.1 Å². The van der Waals surface area contributed by atoms with E-state index in [-0.39, 0.29) is 19.0 Å². The highest BCUT2D eigenvalue weighted by Crippen LogP contribution is 2.25. The second-order valence-electron chi connectivity index (χ2n) is 6.10. The molecule has 1 unspecified atom stereocenters. The fourth-order valence-corrected chi connectivity index (χ4v) is 2.95. The van der Waals surface area contributed by atoms with E-state index in [1.165, 1.54) is 11.0 Å². The summed E-state index contributed by atoms with van der Waals surface area (Å²) in [5.41, 5.74) is -0.949. The maximum Gasteiger partial charge on any atom is 0.256 e. The van der Waals surface area contributed by atoms with Crippen LogP contribution in [0.25, 0.3) is 0 Å². The van der Waals surface area contributed by atoms with Gasteiger partial charge in [0.05, 0.1) is 0 Å². The highest BCUT2D eigenvalue weighted by Gasteiger charge is 2.42. The number of rotatable bonds is 6. The summed E-state index contributed by atoms with van der Waals surface area (Å²) in [6.07, 6.45) is 2.76. The van der Waals surface area contributed by atoms with Crippen molar-refractivity contribution in [1.29, 1.82) is 0 Å². The third kappa shape index (κ3) is 4.14. The van der Waals surface area contributed by atoms with Gasteiger partial charge >= 0.3 is 0 Å². The van der Waals surface area contributed by atoms with Crippen LogP contribution in [0.1, 0.15) is 18.4 Å². The lowest BCUT2D eigenvalue weighted by molar-refractivity contribution is -0.159. The highest BCUT2D eigenvalue weighted by molar-refractivity contribution is 5.86. The Labute approximate surface area is 135 Å². The zero-order valence-electron chi connectivity index (χ0n) is 13.3.